The van der Waals surface area contributed by atoms with Gasteiger partial charge in [0.2, 0.25) is 0 Å². The molecular formula is C22H36. The van der Waals surface area contributed by atoms with E-state index in [0.717, 1.165) is 59.2 Å². The summed E-state index contributed by atoms with van der Waals surface area (Å²) < 4.78 is 0. The maximum Gasteiger partial charge on any atom is -0.0300 e. The topological polar surface area (TPSA) is 0 Å². The molecule has 5 fully saturated rings. The fourth-order valence-electron chi connectivity index (χ4n) is 8.80. The Hall–Kier alpha value is 0. The van der Waals surface area contributed by atoms with E-state index in [4.69, 9.17) is 0 Å². The lowest BCUT2D eigenvalue weighted by Crippen LogP contribution is -2.65. The zero-order chi connectivity index (χ0) is 15.2. The van der Waals surface area contributed by atoms with Gasteiger partial charge in [-0.15, -0.1) is 0 Å². The summed E-state index contributed by atoms with van der Waals surface area (Å²) in [5.74, 6) is 11.0. The molecule has 0 heteroatoms. The molecule has 124 valence electrons. The van der Waals surface area contributed by atoms with Crippen molar-refractivity contribution in [1.29, 1.82) is 0 Å². The van der Waals surface area contributed by atoms with Gasteiger partial charge in [0.15, 0.2) is 0 Å². The summed E-state index contributed by atoms with van der Waals surface area (Å²) in [6, 6.07) is 0. The van der Waals surface area contributed by atoms with Crippen LogP contribution in [0.2, 0.25) is 0 Å². The first-order chi connectivity index (χ1) is 10.5. The Labute approximate surface area is 137 Å². The second-order valence-corrected chi connectivity index (χ2v) is 10.8. The van der Waals surface area contributed by atoms with Crippen molar-refractivity contribution in [2.45, 2.75) is 72.6 Å². The van der Waals surface area contributed by atoms with Crippen molar-refractivity contribution in [1.82, 2.24) is 0 Å². The molecule has 0 aromatic heterocycles. The lowest BCUT2D eigenvalue weighted by atomic mass is 9.34. The van der Waals surface area contributed by atoms with Gasteiger partial charge in [0.05, 0.1) is 0 Å². The van der Waals surface area contributed by atoms with Crippen LogP contribution in [0, 0.1) is 64.6 Å². The third-order valence-corrected chi connectivity index (χ3v) is 9.86. The quantitative estimate of drug-likeness (QED) is 0.556. The molecule has 0 spiro atoms. The lowest BCUT2D eigenvalue weighted by molar-refractivity contribution is -0.226. The van der Waals surface area contributed by atoms with E-state index in [1.165, 1.54) is 12.8 Å². The first-order valence-electron chi connectivity index (χ1n) is 10.5. The fourth-order valence-corrected chi connectivity index (χ4v) is 8.80. The van der Waals surface area contributed by atoms with Crippen LogP contribution >= 0.6 is 0 Å². The highest BCUT2D eigenvalue weighted by Gasteiger charge is 2.66. The zero-order valence-corrected chi connectivity index (χ0v) is 15.2. The molecule has 10 atom stereocenters. The van der Waals surface area contributed by atoms with Crippen LogP contribution in [0.25, 0.3) is 0 Å². The van der Waals surface area contributed by atoms with Crippen molar-refractivity contribution >= 4 is 0 Å². The molecule has 2 bridgehead atoms. The second-order valence-electron chi connectivity index (χ2n) is 10.8. The van der Waals surface area contributed by atoms with Gasteiger partial charge in [0.1, 0.15) is 0 Å². The molecule has 0 amide bonds. The van der Waals surface area contributed by atoms with E-state index in [1.807, 2.05) is 0 Å². The van der Waals surface area contributed by atoms with E-state index in [9.17, 15) is 0 Å². The Balaban J connectivity index is 1.45. The van der Waals surface area contributed by atoms with Crippen molar-refractivity contribution in [3.05, 3.63) is 0 Å². The summed E-state index contributed by atoms with van der Waals surface area (Å²) in [4.78, 5) is 0. The summed E-state index contributed by atoms with van der Waals surface area (Å²) in [7, 11) is 0. The SMILES string of the molecule is CC1C2CCC2C1C1C(C)C2C1C1CCC(CCC2(C)C)C1. The number of fused-ring (bicyclic) bond motifs is 5. The van der Waals surface area contributed by atoms with Crippen molar-refractivity contribution in [3.8, 4) is 0 Å². The standard InChI is InChI=1S/C22H36/c1-12-16-7-8-17(16)18(12)19-13(2)21-20(19)15-6-5-14(11-15)9-10-22(21,3)4/h12-21H,5-11H2,1-4H3. The highest BCUT2D eigenvalue weighted by molar-refractivity contribution is 5.14. The molecule has 0 radical (unpaired) electrons. The molecular weight excluding hydrogens is 264 g/mol. The Morgan fingerprint density at radius 1 is 0.727 bits per heavy atom. The average Bonchev–Trinajstić information content (AvgIpc) is 2.88. The largest absolute Gasteiger partial charge is 0.0619 e. The fraction of sp³-hybridized carbons (Fsp3) is 1.00. The summed E-state index contributed by atoms with van der Waals surface area (Å²) in [6.45, 7) is 10.5. The van der Waals surface area contributed by atoms with Crippen LogP contribution < -0.4 is 0 Å². The van der Waals surface area contributed by atoms with Crippen molar-refractivity contribution in [2.75, 3.05) is 0 Å². The molecule has 5 aliphatic rings. The first kappa shape index (κ1) is 14.4. The van der Waals surface area contributed by atoms with Gasteiger partial charge in [0, 0.05) is 0 Å². The number of rotatable bonds is 1. The van der Waals surface area contributed by atoms with Gasteiger partial charge in [-0.2, -0.15) is 0 Å². The van der Waals surface area contributed by atoms with Gasteiger partial charge < -0.3 is 0 Å². The molecule has 0 N–H and O–H groups in total. The van der Waals surface area contributed by atoms with Gasteiger partial charge >= 0.3 is 0 Å². The van der Waals surface area contributed by atoms with Crippen LogP contribution in [0.4, 0.5) is 0 Å². The monoisotopic (exact) mass is 300 g/mol. The molecule has 0 saturated heterocycles. The Morgan fingerprint density at radius 2 is 1.50 bits per heavy atom. The minimum Gasteiger partial charge on any atom is -0.0619 e. The highest BCUT2D eigenvalue weighted by Crippen LogP contribution is 2.71. The van der Waals surface area contributed by atoms with Crippen LogP contribution in [0.15, 0.2) is 0 Å². The minimum atomic E-state index is 0.619. The minimum absolute atomic E-state index is 0.619. The molecule has 5 rings (SSSR count). The van der Waals surface area contributed by atoms with Crippen LogP contribution in [0.5, 0.6) is 0 Å². The van der Waals surface area contributed by atoms with Gasteiger partial charge in [0.25, 0.3) is 0 Å². The van der Waals surface area contributed by atoms with Gasteiger partial charge in [-0.25, -0.2) is 0 Å². The lowest BCUT2D eigenvalue weighted by Gasteiger charge is -2.70. The van der Waals surface area contributed by atoms with Crippen molar-refractivity contribution < 1.29 is 0 Å². The molecule has 0 nitrogen and oxygen atoms in total. The van der Waals surface area contributed by atoms with Crippen LogP contribution in [-0.4, -0.2) is 0 Å². The molecule has 5 saturated carbocycles. The average molecular weight is 301 g/mol. The molecule has 5 aliphatic carbocycles. The Bertz CT molecular complexity index is 457. The van der Waals surface area contributed by atoms with E-state index >= 15 is 0 Å². The smallest absolute Gasteiger partial charge is 0.0300 e. The van der Waals surface area contributed by atoms with E-state index in [2.05, 4.69) is 27.7 Å². The first-order valence-corrected chi connectivity index (χ1v) is 10.5. The van der Waals surface area contributed by atoms with Crippen LogP contribution in [-0.2, 0) is 0 Å². The molecule has 22 heavy (non-hydrogen) atoms. The Kier molecular flexibility index (Phi) is 2.96. The van der Waals surface area contributed by atoms with E-state index in [0.29, 0.717) is 5.41 Å². The summed E-state index contributed by atoms with van der Waals surface area (Å²) in [6.07, 6.45) is 10.9. The molecule has 0 aromatic rings. The van der Waals surface area contributed by atoms with E-state index < -0.39 is 0 Å². The van der Waals surface area contributed by atoms with Crippen LogP contribution in [0.3, 0.4) is 0 Å². The summed E-state index contributed by atoms with van der Waals surface area (Å²) in [5.41, 5.74) is 0.619. The van der Waals surface area contributed by atoms with Crippen molar-refractivity contribution in [2.24, 2.45) is 64.6 Å². The second kappa shape index (κ2) is 4.54. The summed E-state index contributed by atoms with van der Waals surface area (Å²) >= 11 is 0. The Morgan fingerprint density at radius 3 is 2.18 bits per heavy atom. The van der Waals surface area contributed by atoms with E-state index in [-0.39, 0.29) is 0 Å². The van der Waals surface area contributed by atoms with Crippen molar-refractivity contribution in [3.63, 3.8) is 0 Å². The third-order valence-electron chi connectivity index (χ3n) is 9.86. The van der Waals surface area contributed by atoms with E-state index in [1.54, 1.807) is 32.1 Å². The molecule has 0 aliphatic heterocycles. The van der Waals surface area contributed by atoms with Gasteiger partial charge in [-0.05, 0) is 103 Å². The number of hydrogen-bond donors (Lipinski definition) is 0. The third kappa shape index (κ3) is 1.66. The van der Waals surface area contributed by atoms with Crippen LogP contribution in [0.1, 0.15) is 72.6 Å². The normalized spacial score (nSPS) is 61.6. The maximum absolute atomic E-state index is 2.65. The molecule has 0 aromatic carbocycles. The molecule has 10 unspecified atom stereocenters. The highest BCUT2D eigenvalue weighted by atomic mass is 14.7. The zero-order valence-electron chi connectivity index (χ0n) is 15.2. The predicted octanol–water partition coefficient (Wildman–Crippen LogP) is 6.01. The molecule has 0 heterocycles. The maximum atomic E-state index is 2.65. The van der Waals surface area contributed by atoms with Gasteiger partial charge in [-0.1, -0.05) is 34.1 Å². The van der Waals surface area contributed by atoms with Gasteiger partial charge in [-0.3, -0.25) is 0 Å². The predicted molar refractivity (Wildman–Crippen MR) is 92.3 cm³/mol. The number of hydrogen-bond acceptors (Lipinski definition) is 0. The summed E-state index contributed by atoms with van der Waals surface area (Å²) in [5, 5.41) is 0.